The van der Waals surface area contributed by atoms with E-state index in [0.29, 0.717) is 0 Å². The summed E-state index contributed by atoms with van der Waals surface area (Å²) in [6.45, 7) is 1.40. The number of benzene rings is 2. The lowest BCUT2D eigenvalue weighted by Crippen LogP contribution is -2.38. The number of carboxylic acids is 1. The summed E-state index contributed by atoms with van der Waals surface area (Å²) in [6.07, 6.45) is -7.53. The molecule has 4 rings (SSSR count). The van der Waals surface area contributed by atoms with Crippen LogP contribution in [0.3, 0.4) is 0 Å². The van der Waals surface area contributed by atoms with Crippen LogP contribution in [0, 0.1) is 6.92 Å². The number of para-hydroxylation sites is 2. The number of nitrogens with one attached hydrogen (secondary N) is 1. The van der Waals surface area contributed by atoms with Crippen molar-refractivity contribution >= 4 is 42.7 Å². The van der Waals surface area contributed by atoms with Crippen molar-refractivity contribution < 1.29 is 42.2 Å². The van der Waals surface area contributed by atoms with Gasteiger partial charge in [0.15, 0.2) is 18.5 Å². The van der Waals surface area contributed by atoms with E-state index in [1.807, 2.05) is 0 Å². The Morgan fingerprint density at radius 2 is 1.63 bits per heavy atom. The number of ether oxygens (including phenoxy) is 2. The Balaban J connectivity index is 1.64. The fraction of sp³-hybridized carbons (Fsp3) is 0.333. The van der Waals surface area contributed by atoms with Crippen LogP contribution in [0.25, 0.3) is 0 Å². The highest BCUT2D eigenvalue weighted by atomic mass is 35.5. The van der Waals surface area contributed by atoms with Crippen LogP contribution < -0.4 is 20.3 Å². The number of carbonyl (C=O) groups excluding carboxylic acids is 1. The topological polar surface area (TPSA) is 163 Å². The lowest BCUT2D eigenvalue weighted by molar-refractivity contribution is -0.156. The molecular weight excluding hydrogens is 633 g/mol. The number of aromatic nitrogens is 2. The van der Waals surface area contributed by atoms with Crippen LogP contribution in [0.5, 0.6) is 11.5 Å². The van der Waals surface area contributed by atoms with Crippen molar-refractivity contribution in [2.24, 2.45) is 0 Å². The number of rotatable bonds is 12. The first-order chi connectivity index (χ1) is 20.4. The van der Waals surface area contributed by atoms with Crippen molar-refractivity contribution in [2.75, 3.05) is 6.16 Å². The summed E-state index contributed by atoms with van der Waals surface area (Å²) in [6, 6.07) is 12.4. The Bertz CT molecular complexity index is 1610. The van der Waals surface area contributed by atoms with Gasteiger partial charge >= 0.3 is 25.2 Å². The number of halogens is 3. The molecule has 1 saturated heterocycles. The molecule has 230 valence electrons. The van der Waals surface area contributed by atoms with Gasteiger partial charge in [-0.05, 0) is 37.6 Å². The van der Waals surface area contributed by atoms with Crippen LogP contribution in [0.1, 0.15) is 31.1 Å². The molecule has 0 saturated carbocycles. The Labute approximate surface area is 253 Å². The number of aromatic amines is 1. The van der Waals surface area contributed by atoms with Gasteiger partial charge in [-0.15, -0.1) is 0 Å². The molecule has 1 aliphatic rings. The standard InChI is InChI=1S/C27H26Cl2FN2O10P/c1-15-14-32(27(37)31-25(15)36)26-23(30)24(40-22(35)11-10-21(33)34)20(39-26)12-13-43(38,41-18-8-4-2-6-16(18)28)42-19-9-5-3-7-17(19)29/h2-9,14,20,23-24,26H,10-13H2,1H3,(H,33,34)(H,31,36,37)/t20-,23-,24-,26-/m1/s1. The molecular formula is C27H26Cl2FN2O10P. The van der Waals surface area contributed by atoms with Crippen molar-refractivity contribution in [3.63, 3.8) is 0 Å². The quantitative estimate of drug-likeness (QED) is 0.202. The first-order valence-corrected chi connectivity index (χ1v) is 15.4. The van der Waals surface area contributed by atoms with E-state index in [9.17, 15) is 23.7 Å². The van der Waals surface area contributed by atoms with Crippen LogP contribution in [0.2, 0.25) is 10.0 Å². The fourth-order valence-corrected chi connectivity index (χ4v) is 6.38. The zero-order valence-electron chi connectivity index (χ0n) is 22.5. The lowest BCUT2D eigenvalue weighted by atomic mass is 10.1. The third-order valence-electron chi connectivity index (χ3n) is 6.33. The lowest BCUT2D eigenvalue weighted by Gasteiger charge is -2.24. The number of alkyl halides is 1. The third kappa shape index (κ3) is 8.05. The van der Waals surface area contributed by atoms with E-state index < -0.39 is 74.4 Å². The fourth-order valence-electron chi connectivity index (χ4n) is 4.22. The second-order valence-electron chi connectivity index (χ2n) is 9.50. The van der Waals surface area contributed by atoms with Gasteiger partial charge in [0, 0.05) is 11.8 Å². The van der Waals surface area contributed by atoms with E-state index in [2.05, 4.69) is 4.98 Å². The van der Waals surface area contributed by atoms with Gasteiger partial charge in [-0.2, -0.15) is 0 Å². The first kappa shape index (κ1) is 32.3. The smallest absolute Gasteiger partial charge is 0.430 e. The summed E-state index contributed by atoms with van der Waals surface area (Å²) in [5, 5.41) is 9.16. The predicted molar refractivity (Wildman–Crippen MR) is 153 cm³/mol. The zero-order chi connectivity index (χ0) is 31.3. The van der Waals surface area contributed by atoms with Gasteiger partial charge in [-0.1, -0.05) is 47.5 Å². The van der Waals surface area contributed by atoms with E-state index in [4.69, 9.17) is 46.8 Å². The molecule has 2 N–H and O–H groups in total. The van der Waals surface area contributed by atoms with Crippen molar-refractivity contribution in [1.82, 2.24) is 9.55 Å². The highest BCUT2D eigenvalue weighted by Crippen LogP contribution is 2.52. The molecule has 1 fully saturated rings. The van der Waals surface area contributed by atoms with Gasteiger partial charge in [-0.25, -0.2) is 13.8 Å². The van der Waals surface area contributed by atoms with E-state index >= 15 is 4.39 Å². The predicted octanol–water partition coefficient (Wildman–Crippen LogP) is 4.91. The normalized spacial score (nSPS) is 20.0. The maximum absolute atomic E-state index is 15.8. The molecule has 12 nitrogen and oxygen atoms in total. The number of aliphatic carboxylic acids is 1. The maximum Gasteiger partial charge on any atom is 0.430 e. The monoisotopic (exact) mass is 658 g/mol. The van der Waals surface area contributed by atoms with Crippen LogP contribution in [0.4, 0.5) is 4.39 Å². The Morgan fingerprint density at radius 3 is 2.19 bits per heavy atom. The molecule has 1 aliphatic heterocycles. The largest absolute Gasteiger partial charge is 0.481 e. The van der Waals surface area contributed by atoms with E-state index in [1.54, 1.807) is 24.3 Å². The number of hydrogen-bond acceptors (Lipinski definition) is 9. The minimum Gasteiger partial charge on any atom is -0.481 e. The highest BCUT2D eigenvalue weighted by Gasteiger charge is 2.50. The average molecular weight is 659 g/mol. The Kier molecular flexibility index (Phi) is 10.3. The third-order valence-corrected chi connectivity index (χ3v) is 8.71. The second kappa shape index (κ2) is 13.8. The summed E-state index contributed by atoms with van der Waals surface area (Å²) >= 11 is 12.4. The Morgan fingerprint density at radius 1 is 1.05 bits per heavy atom. The second-order valence-corrected chi connectivity index (χ2v) is 12.4. The number of aryl methyl sites for hydroxylation is 1. The minimum atomic E-state index is -4.20. The molecule has 2 aromatic carbocycles. The van der Waals surface area contributed by atoms with Crippen LogP contribution in [-0.2, 0) is 23.6 Å². The van der Waals surface area contributed by atoms with Crippen molar-refractivity contribution in [3.8, 4) is 11.5 Å². The average Bonchev–Trinajstić information content (AvgIpc) is 3.25. The molecule has 3 aromatic rings. The van der Waals surface area contributed by atoms with E-state index in [-0.39, 0.29) is 33.5 Å². The summed E-state index contributed by atoms with van der Waals surface area (Å²) in [5.41, 5.74) is -1.58. The van der Waals surface area contributed by atoms with Gasteiger partial charge in [-0.3, -0.25) is 23.9 Å². The van der Waals surface area contributed by atoms with Crippen molar-refractivity contribution in [3.05, 3.63) is 91.2 Å². The van der Waals surface area contributed by atoms with Crippen LogP contribution >= 0.6 is 30.8 Å². The van der Waals surface area contributed by atoms with E-state index in [1.165, 1.54) is 31.2 Å². The van der Waals surface area contributed by atoms with Crippen LogP contribution in [0.15, 0.2) is 64.3 Å². The van der Waals surface area contributed by atoms with Gasteiger partial charge in [0.1, 0.15) is 17.6 Å². The SMILES string of the molecule is Cc1cn([C@@H]2O[C@H](CCP(=O)(Oc3ccccc3Cl)Oc3ccccc3Cl)[C@@H](OC(=O)CCC(=O)O)[C@H]2F)c(=O)[nH]c1=O. The van der Waals surface area contributed by atoms with Gasteiger partial charge in [0.05, 0.1) is 29.0 Å². The van der Waals surface area contributed by atoms with Gasteiger partial charge < -0.3 is 23.6 Å². The van der Waals surface area contributed by atoms with Gasteiger partial charge in [0.25, 0.3) is 5.56 Å². The molecule has 0 unspecified atom stereocenters. The molecule has 1 aromatic heterocycles. The number of H-pyrrole nitrogens is 1. The maximum atomic E-state index is 15.8. The molecule has 4 atom stereocenters. The molecule has 0 aliphatic carbocycles. The molecule has 2 heterocycles. The molecule has 43 heavy (non-hydrogen) atoms. The number of hydrogen-bond donors (Lipinski definition) is 2. The summed E-state index contributed by atoms with van der Waals surface area (Å²) in [5.74, 6) is -2.24. The number of carbonyl (C=O) groups is 2. The van der Waals surface area contributed by atoms with E-state index in [0.717, 1.165) is 10.8 Å². The van der Waals surface area contributed by atoms with Crippen LogP contribution in [-0.4, -0.2) is 51.1 Å². The molecule has 0 radical (unpaired) electrons. The molecule has 0 spiro atoms. The van der Waals surface area contributed by atoms with Crippen molar-refractivity contribution in [1.29, 1.82) is 0 Å². The molecule has 0 amide bonds. The summed E-state index contributed by atoms with van der Waals surface area (Å²) in [4.78, 5) is 49.7. The minimum absolute atomic E-state index is 0.0278. The summed E-state index contributed by atoms with van der Waals surface area (Å²) in [7, 11) is -4.20. The first-order valence-electron chi connectivity index (χ1n) is 12.9. The molecule has 16 heteroatoms. The zero-order valence-corrected chi connectivity index (χ0v) is 24.9. The van der Waals surface area contributed by atoms with Gasteiger partial charge in [0.2, 0.25) is 0 Å². The number of nitrogens with zero attached hydrogens (tertiary/aromatic N) is 1. The number of carboxylic acid groups (broad SMARTS) is 1. The Hall–Kier alpha value is -3.64. The molecule has 0 bridgehead atoms. The van der Waals surface area contributed by atoms with Crippen molar-refractivity contribution in [2.45, 2.75) is 50.8 Å². The highest BCUT2D eigenvalue weighted by molar-refractivity contribution is 7.54. The number of esters is 1. The summed E-state index contributed by atoms with van der Waals surface area (Å²) < 4.78 is 53.3.